The summed E-state index contributed by atoms with van der Waals surface area (Å²) in [5.74, 6) is 0.325. The highest BCUT2D eigenvalue weighted by Crippen LogP contribution is 2.32. The number of nitrogens with one attached hydrogen (secondary N) is 2. The van der Waals surface area contributed by atoms with E-state index in [1.54, 1.807) is 6.92 Å². The molecule has 0 unspecified atom stereocenters. The Labute approximate surface area is 127 Å². The van der Waals surface area contributed by atoms with Crippen LogP contribution in [0.2, 0.25) is 0 Å². The molecular weight excluding hydrogens is 305 g/mol. The van der Waals surface area contributed by atoms with Crippen molar-refractivity contribution in [2.75, 3.05) is 18.4 Å². The van der Waals surface area contributed by atoms with E-state index >= 15 is 0 Å². The maximum Gasteiger partial charge on any atom is 0.416 e. The second-order valence-electron chi connectivity index (χ2n) is 5.15. The van der Waals surface area contributed by atoms with E-state index in [9.17, 15) is 18.0 Å². The Kier molecular flexibility index (Phi) is 6.04. The summed E-state index contributed by atoms with van der Waals surface area (Å²) in [6.45, 7) is 2.56. The largest absolute Gasteiger partial charge is 0.416 e. The number of carbonyl (C=O) groups excluding carboxylic acids is 1. The first-order valence-electron chi connectivity index (χ1n) is 6.54. The van der Waals surface area contributed by atoms with Crippen molar-refractivity contribution in [3.8, 4) is 0 Å². The Balaban J connectivity index is 0.00000220. The molecule has 3 nitrogen and oxygen atoms in total. The van der Waals surface area contributed by atoms with Gasteiger partial charge in [0.25, 0.3) is 0 Å². The van der Waals surface area contributed by atoms with Crippen molar-refractivity contribution in [3.05, 3.63) is 29.3 Å². The van der Waals surface area contributed by atoms with Crippen LogP contribution in [0.15, 0.2) is 18.2 Å². The number of hydrogen-bond acceptors (Lipinski definition) is 2. The average molecular weight is 323 g/mol. The fourth-order valence-corrected chi connectivity index (χ4v) is 1.84. The van der Waals surface area contributed by atoms with Crippen LogP contribution in [0.25, 0.3) is 0 Å². The van der Waals surface area contributed by atoms with Crippen LogP contribution >= 0.6 is 12.4 Å². The molecule has 1 fully saturated rings. The molecule has 0 spiro atoms. The van der Waals surface area contributed by atoms with Crippen LogP contribution in [-0.2, 0) is 11.0 Å². The SMILES string of the molecule is Cc1ccc(C(F)(F)F)cc1NC(=O)CNCC1CC1.Cl. The number of aryl methyl sites for hydroxylation is 1. The highest BCUT2D eigenvalue weighted by Gasteiger charge is 2.30. The first-order chi connectivity index (χ1) is 9.36. The fourth-order valence-electron chi connectivity index (χ4n) is 1.84. The van der Waals surface area contributed by atoms with Gasteiger partial charge in [-0.25, -0.2) is 0 Å². The summed E-state index contributed by atoms with van der Waals surface area (Å²) in [6, 6.07) is 3.33. The molecule has 2 N–H and O–H groups in total. The summed E-state index contributed by atoms with van der Waals surface area (Å²) in [5, 5.41) is 5.51. The molecule has 1 aliphatic carbocycles. The van der Waals surface area contributed by atoms with Gasteiger partial charge < -0.3 is 10.6 Å². The molecule has 0 saturated heterocycles. The number of anilines is 1. The highest BCUT2D eigenvalue weighted by atomic mass is 35.5. The molecule has 1 saturated carbocycles. The summed E-state index contributed by atoms with van der Waals surface area (Å²) in [7, 11) is 0. The standard InChI is InChI=1S/C14H17F3N2O.ClH/c1-9-2-5-11(14(15,16)17)6-12(9)19-13(20)8-18-7-10-3-4-10;/h2,5-6,10,18H,3-4,7-8H2,1H3,(H,19,20);1H. The number of carbonyl (C=O) groups is 1. The van der Waals surface area contributed by atoms with Gasteiger partial charge in [0.1, 0.15) is 0 Å². The molecule has 1 aliphatic rings. The van der Waals surface area contributed by atoms with Crippen molar-refractivity contribution in [2.24, 2.45) is 5.92 Å². The molecule has 1 aromatic carbocycles. The zero-order valence-corrected chi connectivity index (χ0v) is 12.4. The third-order valence-electron chi connectivity index (χ3n) is 3.25. The molecule has 21 heavy (non-hydrogen) atoms. The van der Waals surface area contributed by atoms with E-state index in [0.717, 1.165) is 18.7 Å². The van der Waals surface area contributed by atoms with Crippen molar-refractivity contribution in [2.45, 2.75) is 25.9 Å². The van der Waals surface area contributed by atoms with Gasteiger partial charge in [-0.15, -0.1) is 12.4 Å². The molecule has 1 amide bonds. The molecule has 0 heterocycles. The summed E-state index contributed by atoms with van der Waals surface area (Å²) >= 11 is 0. The van der Waals surface area contributed by atoms with Crippen LogP contribution in [-0.4, -0.2) is 19.0 Å². The van der Waals surface area contributed by atoms with Gasteiger partial charge in [-0.3, -0.25) is 4.79 Å². The lowest BCUT2D eigenvalue weighted by molar-refractivity contribution is -0.137. The second-order valence-corrected chi connectivity index (χ2v) is 5.15. The minimum absolute atomic E-state index is 0. The minimum atomic E-state index is -4.41. The van der Waals surface area contributed by atoms with Crippen molar-refractivity contribution < 1.29 is 18.0 Å². The topological polar surface area (TPSA) is 41.1 Å². The average Bonchev–Trinajstić information content (AvgIpc) is 3.14. The van der Waals surface area contributed by atoms with E-state index in [4.69, 9.17) is 0 Å². The Morgan fingerprint density at radius 3 is 2.57 bits per heavy atom. The predicted octanol–water partition coefficient (Wildman–Crippen LogP) is 3.37. The van der Waals surface area contributed by atoms with Gasteiger partial charge in [0.2, 0.25) is 5.91 Å². The van der Waals surface area contributed by atoms with Gasteiger partial charge in [0.15, 0.2) is 0 Å². The lowest BCUT2D eigenvalue weighted by Crippen LogP contribution is -2.29. The maximum absolute atomic E-state index is 12.6. The number of amides is 1. The third-order valence-corrected chi connectivity index (χ3v) is 3.25. The summed E-state index contributed by atoms with van der Waals surface area (Å²) in [6.07, 6.45) is -2.04. The van der Waals surface area contributed by atoms with Gasteiger partial charge >= 0.3 is 6.18 Å². The van der Waals surface area contributed by atoms with Gasteiger partial charge in [-0.05, 0) is 49.9 Å². The van der Waals surface area contributed by atoms with Crippen molar-refractivity contribution in [1.82, 2.24) is 5.32 Å². The van der Waals surface area contributed by atoms with Crippen LogP contribution < -0.4 is 10.6 Å². The Morgan fingerprint density at radius 1 is 1.33 bits per heavy atom. The summed E-state index contributed by atoms with van der Waals surface area (Å²) < 4.78 is 37.8. The molecule has 0 aliphatic heterocycles. The van der Waals surface area contributed by atoms with Crippen LogP contribution in [0.3, 0.4) is 0 Å². The molecule has 118 valence electrons. The first kappa shape index (κ1) is 17.8. The number of halogens is 4. The number of hydrogen-bond donors (Lipinski definition) is 2. The number of benzene rings is 1. The molecule has 0 atom stereocenters. The highest BCUT2D eigenvalue weighted by molar-refractivity contribution is 5.93. The Bertz CT molecular complexity index is 501. The van der Waals surface area contributed by atoms with E-state index in [1.807, 2.05) is 0 Å². The van der Waals surface area contributed by atoms with Gasteiger partial charge in [0, 0.05) is 5.69 Å². The van der Waals surface area contributed by atoms with E-state index < -0.39 is 11.7 Å². The van der Waals surface area contributed by atoms with Crippen molar-refractivity contribution in [3.63, 3.8) is 0 Å². The first-order valence-corrected chi connectivity index (χ1v) is 6.54. The summed E-state index contributed by atoms with van der Waals surface area (Å²) in [5.41, 5.74) is 0.0518. The van der Waals surface area contributed by atoms with Crippen molar-refractivity contribution >= 4 is 24.0 Å². The van der Waals surface area contributed by atoms with Crippen LogP contribution in [0, 0.1) is 12.8 Å². The predicted molar refractivity (Wildman–Crippen MR) is 77.7 cm³/mol. The smallest absolute Gasteiger partial charge is 0.325 e. The molecule has 1 aromatic rings. The Hall–Kier alpha value is -1.27. The quantitative estimate of drug-likeness (QED) is 0.872. The van der Waals surface area contributed by atoms with E-state index in [-0.39, 0.29) is 30.5 Å². The molecule has 0 bridgehead atoms. The van der Waals surface area contributed by atoms with Crippen LogP contribution in [0.1, 0.15) is 24.0 Å². The normalized spacial score (nSPS) is 14.5. The van der Waals surface area contributed by atoms with Crippen molar-refractivity contribution in [1.29, 1.82) is 0 Å². The van der Waals surface area contributed by atoms with Gasteiger partial charge in [0.05, 0.1) is 12.1 Å². The molecule has 0 radical (unpaired) electrons. The number of rotatable bonds is 5. The maximum atomic E-state index is 12.6. The summed E-state index contributed by atoms with van der Waals surface area (Å²) in [4.78, 5) is 11.7. The Morgan fingerprint density at radius 2 is 2.00 bits per heavy atom. The van der Waals surface area contributed by atoms with Crippen LogP contribution in [0.5, 0.6) is 0 Å². The zero-order valence-electron chi connectivity index (χ0n) is 11.6. The van der Waals surface area contributed by atoms with E-state index in [2.05, 4.69) is 10.6 Å². The zero-order chi connectivity index (χ0) is 14.8. The monoisotopic (exact) mass is 322 g/mol. The molecular formula is C14H18ClF3N2O. The van der Waals surface area contributed by atoms with Gasteiger partial charge in [-0.1, -0.05) is 6.07 Å². The third kappa shape index (κ3) is 5.55. The van der Waals surface area contributed by atoms with E-state index in [1.165, 1.54) is 18.9 Å². The molecule has 0 aromatic heterocycles. The number of alkyl halides is 3. The lowest BCUT2D eigenvalue weighted by atomic mass is 10.1. The fraction of sp³-hybridized carbons (Fsp3) is 0.500. The van der Waals surface area contributed by atoms with E-state index in [0.29, 0.717) is 11.5 Å². The lowest BCUT2D eigenvalue weighted by Gasteiger charge is -2.12. The second kappa shape index (κ2) is 7.13. The van der Waals surface area contributed by atoms with Gasteiger partial charge in [-0.2, -0.15) is 13.2 Å². The molecule has 2 rings (SSSR count). The molecule has 7 heteroatoms. The minimum Gasteiger partial charge on any atom is -0.325 e. The van der Waals surface area contributed by atoms with Crippen LogP contribution in [0.4, 0.5) is 18.9 Å².